The molecule has 5 heteroatoms. The lowest BCUT2D eigenvalue weighted by Gasteiger charge is -2.16. The third-order valence-corrected chi connectivity index (χ3v) is 4.07. The van der Waals surface area contributed by atoms with Crippen LogP contribution in [0.4, 0.5) is 8.78 Å². The van der Waals surface area contributed by atoms with Crippen molar-refractivity contribution >= 4 is 12.4 Å². The van der Waals surface area contributed by atoms with Crippen LogP contribution in [0.25, 0.3) is 0 Å². The van der Waals surface area contributed by atoms with Gasteiger partial charge in [0.25, 0.3) is 0 Å². The number of halogens is 3. The molecule has 2 aromatic carbocycles. The first-order valence-electron chi connectivity index (χ1n) is 7.10. The van der Waals surface area contributed by atoms with Crippen LogP contribution in [-0.2, 0) is 6.54 Å². The van der Waals surface area contributed by atoms with Crippen LogP contribution in [0.3, 0.4) is 0 Å². The Morgan fingerprint density at radius 2 is 1.77 bits per heavy atom. The van der Waals surface area contributed by atoms with Gasteiger partial charge in [-0.3, -0.25) is 4.90 Å². The standard InChI is InChI=1S/C17H18F2N2.ClH/c18-14-6-7-16(19)13(8-14)9-21-10-15(17(20)11-21)12-4-2-1-3-5-12;/h1-8,15,17H,9-11,20H2;1H/t15-,17+;/m0./s1. The molecule has 0 aromatic heterocycles. The van der Waals surface area contributed by atoms with Gasteiger partial charge in [-0.25, -0.2) is 8.78 Å². The molecular weight excluding hydrogens is 306 g/mol. The predicted octanol–water partition coefficient (Wildman–Crippen LogP) is 3.31. The second-order valence-corrected chi connectivity index (χ2v) is 5.61. The zero-order valence-electron chi connectivity index (χ0n) is 12.1. The minimum atomic E-state index is -0.408. The van der Waals surface area contributed by atoms with E-state index >= 15 is 0 Å². The van der Waals surface area contributed by atoms with E-state index in [2.05, 4.69) is 17.0 Å². The summed E-state index contributed by atoms with van der Waals surface area (Å²) in [6.45, 7) is 1.84. The lowest BCUT2D eigenvalue weighted by molar-refractivity contribution is 0.317. The monoisotopic (exact) mass is 324 g/mol. The summed E-state index contributed by atoms with van der Waals surface area (Å²) in [6, 6.07) is 13.7. The molecule has 1 aliphatic rings. The normalized spacial score (nSPS) is 21.6. The van der Waals surface area contributed by atoms with Gasteiger partial charge < -0.3 is 5.73 Å². The molecular formula is C17H19ClF2N2. The highest BCUT2D eigenvalue weighted by Gasteiger charge is 2.31. The predicted molar refractivity (Wildman–Crippen MR) is 86.0 cm³/mol. The number of rotatable bonds is 3. The van der Waals surface area contributed by atoms with Gasteiger partial charge in [-0.05, 0) is 23.8 Å². The van der Waals surface area contributed by atoms with E-state index < -0.39 is 5.82 Å². The first kappa shape index (κ1) is 16.9. The molecule has 3 rings (SSSR count). The van der Waals surface area contributed by atoms with Crippen molar-refractivity contribution in [2.45, 2.75) is 18.5 Å². The van der Waals surface area contributed by atoms with Crippen molar-refractivity contribution in [3.63, 3.8) is 0 Å². The Bertz CT molecular complexity index is 621. The fraction of sp³-hybridized carbons (Fsp3) is 0.294. The van der Waals surface area contributed by atoms with Crippen molar-refractivity contribution in [2.75, 3.05) is 13.1 Å². The van der Waals surface area contributed by atoms with E-state index in [4.69, 9.17) is 5.73 Å². The highest BCUT2D eigenvalue weighted by molar-refractivity contribution is 5.85. The van der Waals surface area contributed by atoms with Gasteiger partial charge in [0.1, 0.15) is 11.6 Å². The molecule has 0 unspecified atom stereocenters. The molecule has 0 saturated carbocycles. The van der Waals surface area contributed by atoms with Gasteiger partial charge in [-0.1, -0.05) is 30.3 Å². The molecule has 1 saturated heterocycles. The van der Waals surface area contributed by atoms with Gasteiger partial charge >= 0.3 is 0 Å². The second kappa shape index (κ2) is 7.18. The van der Waals surface area contributed by atoms with Gasteiger partial charge in [0.15, 0.2) is 0 Å². The Kier molecular flexibility index (Phi) is 5.51. The Balaban J connectivity index is 0.00000176. The third-order valence-electron chi connectivity index (χ3n) is 4.07. The Morgan fingerprint density at radius 1 is 1.05 bits per heavy atom. The minimum absolute atomic E-state index is 0. The Labute approximate surface area is 135 Å². The van der Waals surface area contributed by atoms with Gasteiger partial charge in [-0.15, -0.1) is 12.4 Å². The van der Waals surface area contributed by atoms with E-state index in [0.717, 1.165) is 12.6 Å². The lowest BCUT2D eigenvalue weighted by atomic mass is 9.95. The average Bonchev–Trinajstić information content (AvgIpc) is 2.84. The first-order chi connectivity index (χ1) is 10.1. The third kappa shape index (κ3) is 3.64. The van der Waals surface area contributed by atoms with Crippen molar-refractivity contribution in [1.82, 2.24) is 4.90 Å². The molecule has 0 amide bonds. The molecule has 2 N–H and O–H groups in total. The van der Waals surface area contributed by atoms with Gasteiger partial charge in [0.05, 0.1) is 0 Å². The summed E-state index contributed by atoms with van der Waals surface area (Å²) in [4.78, 5) is 2.08. The minimum Gasteiger partial charge on any atom is -0.326 e. The zero-order valence-corrected chi connectivity index (χ0v) is 12.9. The fourth-order valence-corrected chi connectivity index (χ4v) is 3.00. The topological polar surface area (TPSA) is 29.3 Å². The highest BCUT2D eigenvalue weighted by atomic mass is 35.5. The average molecular weight is 325 g/mol. The number of nitrogens with zero attached hydrogens (tertiary/aromatic N) is 1. The molecule has 2 atom stereocenters. The van der Waals surface area contributed by atoms with Crippen LogP contribution in [-0.4, -0.2) is 24.0 Å². The molecule has 0 aliphatic carbocycles. The fourth-order valence-electron chi connectivity index (χ4n) is 3.00. The van der Waals surface area contributed by atoms with Crippen LogP contribution in [0.5, 0.6) is 0 Å². The zero-order chi connectivity index (χ0) is 14.8. The van der Waals surface area contributed by atoms with Gasteiger partial charge in [-0.2, -0.15) is 0 Å². The van der Waals surface area contributed by atoms with E-state index in [9.17, 15) is 8.78 Å². The number of hydrogen-bond donors (Lipinski definition) is 1. The van der Waals surface area contributed by atoms with E-state index in [-0.39, 0.29) is 30.2 Å². The molecule has 0 radical (unpaired) electrons. The Hall–Kier alpha value is -1.49. The van der Waals surface area contributed by atoms with Crippen molar-refractivity contribution in [3.05, 3.63) is 71.3 Å². The van der Waals surface area contributed by atoms with E-state index in [1.165, 1.54) is 17.7 Å². The summed E-state index contributed by atoms with van der Waals surface area (Å²) in [5.41, 5.74) is 7.80. The number of hydrogen-bond acceptors (Lipinski definition) is 2. The van der Waals surface area contributed by atoms with Crippen LogP contribution in [0.15, 0.2) is 48.5 Å². The summed E-state index contributed by atoms with van der Waals surface area (Å²) >= 11 is 0. The summed E-state index contributed by atoms with van der Waals surface area (Å²) in [7, 11) is 0. The molecule has 1 heterocycles. The summed E-state index contributed by atoms with van der Waals surface area (Å²) in [5, 5.41) is 0. The molecule has 1 aliphatic heterocycles. The van der Waals surface area contributed by atoms with Crippen LogP contribution in [0.2, 0.25) is 0 Å². The Morgan fingerprint density at radius 3 is 2.50 bits per heavy atom. The highest BCUT2D eigenvalue weighted by Crippen LogP contribution is 2.27. The van der Waals surface area contributed by atoms with E-state index in [1.807, 2.05) is 18.2 Å². The smallest absolute Gasteiger partial charge is 0.127 e. The molecule has 0 spiro atoms. The number of nitrogens with two attached hydrogens (primary N) is 1. The van der Waals surface area contributed by atoms with Crippen LogP contribution in [0.1, 0.15) is 17.0 Å². The quantitative estimate of drug-likeness (QED) is 0.938. The van der Waals surface area contributed by atoms with Crippen LogP contribution in [0, 0.1) is 11.6 Å². The maximum absolute atomic E-state index is 13.7. The lowest BCUT2D eigenvalue weighted by Crippen LogP contribution is -2.28. The summed E-state index contributed by atoms with van der Waals surface area (Å²) in [5.74, 6) is -0.537. The SMILES string of the molecule is Cl.N[C@@H]1CN(Cc2cc(F)ccc2F)C[C@H]1c1ccccc1. The van der Waals surface area contributed by atoms with E-state index in [0.29, 0.717) is 18.7 Å². The molecule has 0 bridgehead atoms. The van der Waals surface area contributed by atoms with Crippen molar-refractivity contribution < 1.29 is 8.78 Å². The molecule has 2 nitrogen and oxygen atoms in total. The van der Waals surface area contributed by atoms with Crippen LogP contribution >= 0.6 is 12.4 Å². The maximum Gasteiger partial charge on any atom is 0.127 e. The largest absolute Gasteiger partial charge is 0.326 e. The maximum atomic E-state index is 13.7. The number of likely N-dealkylation sites (tertiary alicyclic amines) is 1. The summed E-state index contributed by atoms with van der Waals surface area (Å²) in [6.07, 6.45) is 0. The molecule has 118 valence electrons. The van der Waals surface area contributed by atoms with Gasteiger partial charge in [0.2, 0.25) is 0 Å². The summed E-state index contributed by atoms with van der Waals surface area (Å²) < 4.78 is 26.9. The van der Waals surface area contributed by atoms with Crippen LogP contribution < -0.4 is 5.73 Å². The molecule has 1 fully saturated rings. The first-order valence-corrected chi connectivity index (χ1v) is 7.10. The van der Waals surface area contributed by atoms with Gasteiger partial charge in [0, 0.05) is 37.2 Å². The molecule has 22 heavy (non-hydrogen) atoms. The molecule has 2 aromatic rings. The van der Waals surface area contributed by atoms with E-state index in [1.54, 1.807) is 0 Å². The van der Waals surface area contributed by atoms with Crippen molar-refractivity contribution in [1.29, 1.82) is 0 Å². The van der Waals surface area contributed by atoms with Crippen molar-refractivity contribution in [2.24, 2.45) is 5.73 Å². The van der Waals surface area contributed by atoms with Crippen molar-refractivity contribution in [3.8, 4) is 0 Å². The number of benzene rings is 2. The second-order valence-electron chi connectivity index (χ2n) is 5.61.